The van der Waals surface area contributed by atoms with Crippen molar-refractivity contribution in [2.24, 2.45) is 5.92 Å². The summed E-state index contributed by atoms with van der Waals surface area (Å²) in [6, 6.07) is 0. The lowest BCUT2D eigenvalue weighted by Gasteiger charge is -2.17. The highest BCUT2D eigenvalue weighted by Gasteiger charge is 2.24. The van der Waals surface area contributed by atoms with Gasteiger partial charge in [-0.2, -0.15) is 0 Å². The highest BCUT2D eigenvalue weighted by Crippen LogP contribution is 2.16. The second-order valence-corrected chi connectivity index (χ2v) is 3.95. The van der Waals surface area contributed by atoms with E-state index in [4.69, 9.17) is 4.74 Å². The zero-order chi connectivity index (χ0) is 11.7. The van der Waals surface area contributed by atoms with Gasteiger partial charge in [-0.15, -0.1) is 0 Å². The van der Waals surface area contributed by atoms with E-state index in [0.717, 1.165) is 19.3 Å². The van der Waals surface area contributed by atoms with Crippen LogP contribution in [0.2, 0.25) is 0 Å². The van der Waals surface area contributed by atoms with E-state index in [1.54, 1.807) is 13.8 Å². The Morgan fingerprint density at radius 2 is 1.93 bits per heavy atom. The van der Waals surface area contributed by atoms with Crippen molar-refractivity contribution in [3.8, 4) is 0 Å². The van der Waals surface area contributed by atoms with Crippen molar-refractivity contribution < 1.29 is 14.6 Å². The Morgan fingerprint density at radius 3 is 2.40 bits per heavy atom. The molecule has 0 unspecified atom stereocenters. The van der Waals surface area contributed by atoms with Crippen molar-refractivity contribution in [3.63, 3.8) is 0 Å². The predicted molar refractivity (Wildman–Crippen MR) is 60.6 cm³/mol. The molecule has 0 aromatic carbocycles. The fraction of sp³-hybridized carbons (Fsp3) is 0.917. The molecule has 3 heteroatoms. The largest absolute Gasteiger partial charge is 0.466 e. The van der Waals surface area contributed by atoms with Crippen molar-refractivity contribution in [2.75, 3.05) is 6.61 Å². The first-order valence-corrected chi connectivity index (χ1v) is 5.98. The molecule has 2 atom stereocenters. The summed E-state index contributed by atoms with van der Waals surface area (Å²) in [5.41, 5.74) is 0. The lowest BCUT2D eigenvalue weighted by molar-refractivity contribution is -0.152. The summed E-state index contributed by atoms with van der Waals surface area (Å²) in [6.07, 6.45) is 4.61. The molecule has 1 N–H and O–H groups in total. The molecule has 0 radical (unpaired) electrons. The number of rotatable bonds is 8. The third-order valence-corrected chi connectivity index (χ3v) is 2.54. The van der Waals surface area contributed by atoms with Crippen molar-refractivity contribution in [1.29, 1.82) is 0 Å². The minimum absolute atomic E-state index is 0.260. The molecule has 0 saturated carbocycles. The minimum atomic E-state index is -0.606. The van der Waals surface area contributed by atoms with E-state index in [2.05, 4.69) is 6.92 Å². The molecule has 0 aromatic rings. The summed E-state index contributed by atoms with van der Waals surface area (Å²) < 4.78 is 4.92. The Hall–Kier alpha value is -0.570. The maximum absolute atomic E-state index is 11.5. The molecule has 0 spiro atoms. The Bertz CT molecular complexity index is 166. The number of carbonyl (C=O) groups is 1. The highest BCUT2D eigenvalue weighted by molar-refractivity contribution is 5.72. The van der Waals surface area contributed by atoms with Gasteiger partial charge in [0.15, 0.2) is 0 Å². The van der Waals surface area contributed by atoms with E-state index in [-0.39, 0.29) is 11.9 Å². The molecule has 3 nitrogen and oxygen atoms in total. The minimum Gasteiger partial charge on any atom is -0.466 e. The van der Waals surface area contributed by atoms with Gasteiger partial charge < -0.3 is 9.84 Å². The van der Waals surface area contributed by atoms with Crippen LogP contribution in [0, 0.1) is 5.92 Å². The first kappa shape index (κ1) is 14.4. The quantitative estimate of drug-likeness (QED) is 0.501. The number of ether oxygens (including phenoxy) is 1. The van der Waals surface area contributed by atoms with Gasteiger partial charge >= 0.3 is 5.97 Å². The average Bonchev–Trinajstić information content (AvgIpc) is 2.17. The van der Waals surface area contributed by atoms with Crippen molar-refractivity contribution in [1.82, 2.24) is 0 Å². The lowest BCUT2D eigenvalue weighted by Crippen LogP contribution is -2.27. The molecule has 0 aliphatic carbocycles. The Morgan fingerprint density at radius 1 is 1.27 bits per heavy atom. The third kappa shape index (κ3) is 6.50. The topological polar surface area (TPSA) is 46.5 Å². The van der Waals surface area contributed by atoms with Gasteiger partial charge in [-0.05, 0) is 20.3 Å². The molecule has 0 heterocycles. The van der Waals surface area contributed by atoms with E-state index in [9.17, 15) is 9.90 Å². The molecule has 0 aliphatic heterocycles. The van der Waals surface area contributed by atoms with Crippen LogP contribution in [0.3, 0.4) is 0 Å². The maximum atomic E-state index is 11.5. The number of unbranched alkanes of at least 4 members (excludes halogenated alkanes) is 3. The molecule has 0 aliphatic rings. The Balaban J connectivity index is 3.88. The standard InChI is InChI=1S/C12H24O3/c1-4-6-7-8-9-11(10(3)13)12(14)15-5-2/h10-11,13H,4-9H2,1-3H3/t10-,11+/m0/s1. The Kier molecular flexibility index (Phi) is 8.38. The van der Waals surface area contributed by atoms with Crippen molar-refractivity contribution in [2.45, 2.75) is 59.0 Å². The summed E-state index contributed by atoms with van der Waals surface area (Å²) in [7, 11) is 0. The molecule has 0 aromatic heterocycles. The third-order valence-electron chi connectivity index (χ3n) is 2.54. The van der Waals surface area contributed by atoms with E-state index in [0.29, 0.717) is 6.61 Å². The second-order valence-electron chi connectivity index (χ2n) is 3.95. The molecular formula is C12H24O3. The lowest BCUT2D eigenvalue weighted by atomic mass is 9.96. The summed E-state index contributed by atoms with van der Waals surface area (Å²) in [6.45, 7) is 5.98. The van der Waals surface area contributed by atoms with Crippen LogP contribution in [0.5, 0.6) is 0 Å². The monoisotopic (exact) mass is 216 g/mol. The molecule has 0 rings (SSSR count). The van der Waals surface area contributed by atoms with Crippen LogP contribution in [0.15, 0.2) is 0 Å². The van der Waals surface area contributed by atoms with Crippen LogP contribution in [-0.2, 0) is 9.53 Å². The van der Waals surface area contributed by atoms with E-state index < -0.39 is 6.10 Å². The average molecular weight is 216 g/mol. The first-order chi connectivity index (χ1) is 7.13. The van der Waals surface area contributed by atoms with Crippen LogP contribution < -0.4 is 0 Å². The molecular weight excluding hydrogens is 192 g/mol. The number of carbonyl (C=O) groups excluding carboxylic acids is 1. The van der Waals surface area contributed by atoms with Crippen LogP contribution in [0.4, 0.5) is 0 Å². The zero-order valence-corrected chi connectivity index (χ0v) is 10.2. The number of aliphatic hydroxyl groups is 1. The van der Waals surface area contributed by atoms with Crippen LogP contribution in [-0.4, -0.2) is 23.8 Å². The molecule has 0 saturated heterocycles. The predicted octanol–water partition coefficient (Wildman–Crippen LogP) is 2.52. The molecule has 90 valence electrons. The molecule has 0 bridgehead atoms. The maximum Gasteiger partial charge on any atom is 0.311 e. The van der Waals surface area contributed by atoms with Gasteiger partial charge in [-0.3, -0.25) is 4.79 Å². The molecule has 0 amide bonds. The molecule has 15 heavy (non-hydrogen) atoms. The van der Waals surface area contributed by atoms with Gasteiger partial charge in [0, 0.05) is 0 Å². The van der Waals surface area contributed by atoms with Crippen molar-refractivity contribution in [3.05, 3.63) is 0 Å². The highest BCUT2D eigenvalue weighted by atomic mass is 16.5. The fourth-order valence-electron chi connectivity index (χ4n) is 1.60. The SMILES string of the molecule is CCCCCC[C@@H](C(=O)OCC)[C@H](C)O. The van der Waals surface area contributed by atoms with Gasteiger partial charge in [0.2, 0.25) is 0 Å². The molecule has 0 fully saturated rings. The van der Waals surface area contributed by atoms with Crippen LogP contribution in [0.25, 0.3) is 0 Å². The van der Waals surface area contributed by atoms with Crippen molar-refractivity contribution >= 4 is 5.97 Å². The summed E-state index contributed by atoms with van der Waals surface area (Å²) in [5.74, 6) is -0.606. The van der Waals surface area contributed by atoms with Gasteiger partial charge in [-0.25, -0.2) is 0 Å². The summed E-state index contributed by atoms with van der Waals surface area (Å²) in [4.78, 5) is 11.5. The van der Waals surface area contributed by atoms with E-state index in [1.807, 2.05) is 0 Å². The number of hydrogen-bond donors (Lipinski definition) is 1. The summed E-state index contributed by atoms with van der Waals surface area (Å²) >= 11 is 0. The summed E-state index contributed by atoms with van der Waals surface area (Å²) in [5, 5.41) is 9.46. The zero-order valence-electron chi connectivity index (χ0n) is 10.2. The normalized spacial score (nSPS) is 14.7. The number of esters is 1. The van der Waals surface area contributed by atoms with Gasteiger partial charge in [-0.1, -0.05) is 32.6 Å². The van der Waals surface area contributed by atoms with Gasteiger partial charge in [0.05, 0.1) is 18.6 Å². The van der Waals surface area contributed by atoms with E-state index in [1.165, 1.54) is 12.8 Å². The smallest absolute Gasteiger partial charge is 0.311 e. The van der Waals surface area contributed by atoms with E-state index >= 15 is 0 Å². The van der Waals surface area contributed by atoms with Gasteiger partial charge in [0.25, 0.3) is 0 Å². The van der Waals surface area contributed by atoms with Crippen LogP contribution >= 0.6 is 0 Å². The van der Waals surface area contributed by atoms with Crippen LogP contribution in [0.1, 0.15) is 52.9 Å². The van der Waals surface area contributed by atoms with Gasteiger partial charge in [0.1, 0.15) is 0 Å². The second kappa shape index (κ2) is 8.72. The number of aliphatic hydroxyl groups excluding tert-OH is 1. The fourth-order valence-corrected chi connectivity index (χ4v) is 1.60. The Labute approximate surface area is 92.8 Å². The number of hydrogen-bond acceptors (Lipinski definition) is 3. The first-order valence-electron chi connectivity index (χ1n) is 5.98.